The summed E-state index contributed by atoms with van der Waals surface area (Å²) in [7, 11) is 0. The van der Waals surface area contributed by atoms with E-state index in [1.807, 2.05) is 12.1 Å². The zero-order valence-corrected chi connectivity index (χ0v) is 16.3. The maximum absolute atomic E-state index is 12.4. The highest BCUT2D eigenvalue weighted by atomic mass is 16.5. The fourth-order valence-electron chi connectivity index (χ4n) is 4.12. The largest absolute Gasteiger partial charge is 0.394 e. The molecule has 3 rings (SSSR count). The number of amides is 2. The zero-order valence-electron chi connectivity index (χ0n) is 16.3. The lowest BCUT2D eigenvalue weighted by molar-refractivity contribution is -0.132. The van der Waals surface area contributed by atoms with Crippen molar-refractivity contribution in [3.05, 3.63) is 30.1 Å². The Balaban J connectivity index is 1.37. The standard InChI is InChI=1S/C21H31N3O4/c25-14-19-18(24-21(27)16-3-1-2-4-16)6-5-17(28-19)9-12-23-20(26)13-15-7-10-22-11-8-15/h7-8,10-11,16-19,25H,1-6,9,12-14H2,(H,23,26)(H,24,27)/t17-,18+,19+/m0/s1. The molecule has 2 aliphatic rings. The minimum absolute atomic E-state index is 0.0157. The molecule has 2 heterocycles. The molecule has 0 aromatic carbocycles. The number of carbonyl (C=O) groups is 2. The molecule has 1 saturated heterocycles. The van der Waals surface area contributed by atoms with Gasteiger partial charge in [-0.25, -0.2) is 0 Å². The Hall–Kier alpha value is -1.99. The van der Waals surface area contributed by atoms with Crippen molar-refractivity contribution in [3.63, 3.8) is 0 Å². The van der Waals surface area contributed by atoms with Crippen LogP contribution in [0.15, 0.2) is 24.5 Å². The average Bonchev–Trinajstić information content (AvgIpc) is 3.25. The van der Waals surface area contributed by atoms with Crippen LogP contribution in [-0.2, 0) is 20.7 Å². The summed E-state index contributed by atoms with van der Waals surface area (Å²) >= 11 is 0. The molecular weight excluding hydrogens is 358 g/mol. The summed E-state index contributed by atoms with van der Waals surface area (Å²) in [6.07, 6.45) is 9.77. The highest BCUT2D eigenvalue weighted by molar-refractivity contribution is 5.79. The summed E-state index contributed by atoms with van der Waals surface area (Å²) in [5.74, 6) is 0.196. The van der Waals surface area contributed by atoms with Gasteiger partial charge < -0.3 is 20.5 Å². The van der Waals surface area contributed by atoms with Crippen LogP contribution < -0.4 is 10.6 Å². The number of nitrogens with one attached hydrogen (secondary N) is 2. The zero-order chi connectivity index (χ0) is 19.8. The Bertz CT molecular complexity index is 634. The van der Waals surface area contributed by atoms with E-state index >= 15 is 0 Å². The van der Waals surface area contributed by atoms with Gasteiger partial charge in [0.05, 0.1) is 25.2 Å². The van der Waals surface area contributed by atoms with Crippen LogP contribution >= 0.6 is 0 Å². The molecule has 154 valence electrons. The molecule has 2 fully saturated rings. The minimum Gasteiger partial charge on any atom is -0.394 e. The van der Waals surface area contributed by atoms with Crippen molar-refractivity contribution in [1.29, 1.82) is 0 Å². The van der Waals surface area contributed by atoms with Gasteiger partial charge >= 0.3 is 0 Å². The molecule has 1 aliphatic heterocycles. The summed E-state index contributed by atoms with van der Waals surface area (Å²) in [4.78, 5) is 28.3. The molecule has 3 N–H and O–H groups in total. The third kappa shape index (κ3) is 6.01. The number of aliphatic hydroxyl groups excluding tert-OH is 1. The smallest absolute Gasteiger partial charge is 0.224 e. The predicted octanol–water partition coefficient (Wildman–Crippen LogP) is 1.35. The SMILES string of the molecule is O=C(Cc1ccncc1)NCC[C@@H]1CC[C@@H](NC(=O)C2CCCC2)[C@@H](CO)O1. The second kappa shape index (κ2) is 10.5. The van der Waals surface area contributed by atoms with E-state index in [4.69, 9.17) is 4.74 Å². The molecular formula is C21H31N3O4. The third-order valence-electron chi connectivity index (χ3n) is 5.75. The van der Waals surface area contributed by atoms with Crippen LogP contribution in [0.5, 0.6) is 0 Å². The first-order valence-electron chi connectivity index (χ1n) is 10.4. The van der Waals surface area contributed by atoms with Crippen LogP contribution in [-0.4, -0.2) is 53.3 Å². The molecule has 28 heavy (non-hydrogen) atoms. The van der Waals surface area contributed by atoms with Gasteiger partial charge in [0.15, 0.2) is 0 Å². The number of ether oxygens (including phenoxy) is 1. The number of nitrogens with zero attached hydrogens (tertiary/aromatic N) is 1. The van der Waals surface area contributed by atoms with E-state index in [1.54, 1.807) is 12.4 Å². The first-order valence-corrected chi connectivity index (χ1v) is 10.4. The number of pyridine rings is 1. The topological polar surface area (TPSA) is 101 Å². The number of hydrogen-bond donors (Lipinski definition) is 3. The first-order chi connectivity index (χ1) is 13.7. The van der Waals surface area contributed by atoms with E-state index < -0.39 is 0 Å². The molecule has 1 aromatic heterocycles. The maximum Gasteiger partial charge on any atom is 0.224 e. The van der Waals surface area contributed by atoms with Gasteiger partial charge in [0, 0.05) is 24.9 Å². The molecule has 0 spiro atoms. The molecule has 0 bridgehead atoms. The Morgan fingerprint density at radius 3 is 2.61 bits per heavy atom. The van der Waals surface area contributed by atoms with Crippen molar-refractivity contribution in [2.75, 3.05) is 13.2 Å². The van der Waals surface area contributed by atoms with E-state index in [1.165, 1.54) is 0 Å². The number of hydrogen-bond acceptors (Lipinski definition) is 5. The van der Waals surface area contributed by atoms with Crippen molar-refractivity contribution in [1.82, 2.24) is 15.6 Å². The van der Waals surface area contributed by atoms with Gasteiger partial charge in [-0.15, -0.1) is 0 Å². The summed E-state index contributed by atoms with van der Waals surface area (Å²) in [6, 6.07) is 3.53. The van der Waals surface area contributed by atoms with Gasteiger partial charge in [-0.2, -0.15) is 0 Å². The molecule has 2 amide bonds. The van der Waals surface area contributed by atoms with Crippen molar-refractivity contribution in [2.45, 2.75) is 69.6 Å². The molecule has 1 aliphatic carbocycles. The van der Waals surface area contributed by atoms with Crippen molar-refractivity contribution >= 4 is 11.8 Å². The van der Waals surface area contributed by atoms with Crippen LogP contribution in [0.25, 0.3) is 0 Å². The Morgan fingerprint density at radius 2 is 1.89 bits per heavy atom. The fourth-order valence-corrected chi connectivity index (χ4v) is 4.12. The van der Waals surface area contributed by atoms with E-state index in [0.717, 1.165) is 44.1 Å². The van der Waals surface area contributed by atoms with Crippen molar-refractivity contribution in [2.24, 2.45) is 5.92 Å². The van der Waals surface area contributed by atoms with Crippen molar-refractivity contribution < 1.29 is 19.4 Å². The molecule has 0 radical (unpaired) electrons. The lowest BCUT2D eigenvalue weighted by Gasteiger charge is -2.36. The van der Waals surface area contributed by atoms with E-state index in [2.05, 4.69) is 15.6 Å². The number of aromatic nitrogens is 1. The number of rotatable bonds is 8. The number of carbonyl (C=O) groups excluding carboxylic acids is 2. The van der Waals surface area contributed by atoms with Crippen LogP contribution in [0.3, 0.4) is 0 Å². The lowest BCUT2D eigenvalue weighted by atomic mass is 9.96. The third-order valence-corrected chi connectivity index (χ3v) is 5.75. The van der Waals surface area contributed by atoms with Crippen LogP contribution in [0.4, 0.5) is 0 Å². The van der Waals surface area contributed by atoms with Gasteiger partial charge in [-0.05, 0) is 49.8 Å². The molecule has 7 nitrogen and oxygen atoms in total. The number of aliphatic hydroxyl groups is 1. The average molecular weight is 389 g/mol. The summed E-state index contributed by atoms with van der Waals surface area (Å²) in [5, 5.41) is 15.7. The van der Waals surface area contributed by atoms with Crippen LogP contribution in [0.2, 0.25) is 0 Å². The van der Waals surface area contributed by atoms with Crippen molar-refractivity contribution in [3.8, 4) is 0 Å². The Morgan fingerprint density at radius 1 is 1.14 bits per heavy atom. The van der Waals surface area contributed by atoms with Gasteiger partial charge in [0.1, 0.15) is 6.10 Å². The summed E-state index contributed by atoms with van der Waals surface area (Å²) < 4.78 is 5.99. The molecule has 7 heteroatoms. The predicted molar refractivity (Wildman–Crippen MR) is 104 cm³/mol. The normalized spacial score (nSPS) is 25.4. The van der Waals surface area contributed by atoms with Gasteiger partial charge in [0.25, 0.3) is 0 Å². The molecule has 1 aromatic rings. The van der Waals surface area contributed by atoms with Gasteiger partial charge in [-0.3, -0.25) is 14.6 Å². The van der Waals surface area contributed by atoms with Crippen LogP contribution in [0.1, 0.15) is 50.5 Å². The molecule has 0 unspecified atom stereocenters. The monoisotopic (exact) mass is 389 g/mol. The molecule has 3 atom stereocenters. The first kappa shape index (κ1) is 20.7. The second-order valence-corrected chi connectivity index (χ2v) is 7.82. The maximum atomic E-state index is 12.4. The minimum atomic E-state index is -0.378. The Labute approximate surface area is 166 Å². The fraction of sp³-hybridized carbons (Fsp3) is 0.667. The van der Waals surface area contributed by atoms with Gasteiger partial charge in [-0.1, -0.05) is 12.8 Å². The van der Waals surface area contributed by atoms with Crippen LogP contribution in [0, 0.1) is 5.92 Å². The quantitative estimate of drug-likeness (QED) is 0.623. The second-order valence-electron chi connectivity index (χ2n) is 7.82. The highest BCUT2D eigenvalue weighted by Crippen LogP contribution is 2.26. The lowest BCUT2D eigenvalue weighted by Crippen LogP contribution is -2.52. The van der Waals surface area contributed by atoms with E-state index in [0.29, 0.717) is 19.4 Å². The highest BCUT2D eigenvalue weighted by Gasteiger charge is 2.33. The Kier molecular flexibility index (Phi) is 7.80. The van der Waals surface area contributed by atoms with Gasteiger partial charge in [0.2, 0.25) is 11.8 Å². The summed E-state index contributed by atoms with van der Waals surface area (Å²) in [6.45, 7) is 0.423. The summed E-state index contributed by atoms with van der Waals surface area (Å²) in [5.41, 5.74) is 0.933. The molecule has 1 saturated carbocycles. The van der Waals surface area contributed by atoms with E-state index in [-0.39, 0.29) is 42.6 Å². The van der Waals surface area contributed by atoms with E-state index in [9.17, 15) is 14.7 Å².